The number of anilines is 1. The summed E-state index contributed by atoms with van der Waals surface area (Å²) in [5.41, 5.74) is 1.37. The third kappa shape index (κ3) is 6.38. The lowest BCUT2D eigenvalue weighted by Crippen LogP contribution is -2.42. The molecule has 0 atom stereocenters. The molecule has 1 rings (SSSR count). The zero-order valence-electron chi connectivity index (χ0n) is 14.1. The van der Waals surface area contributed by atoms with E-state index in [4.69, 9.17) is 27.9 Å². The van der Waals surface area contributed by atoms with Gasteiger partial charge in [0.25, 0.3) is 5.69 Å². The molecule has 146 valence electrons. The number of carbonyl (C=O) groups excluding carboxylic acids is 3. The second-order valence-corrected chi connectivity index (χ2v) is 5.35. The minimum Gasteiger partial charge on any atom is -0.460 e. The van der Waals surface area contributed by atoms with Crippen LogP contribution in [0, 0.1) is 10.1 Å². The molecule has 11 nitrogen and oxygen atoms in total. The molecular formula is C14H14Cl2N4O7. The lowest BCUT2D eigenvalue weighted by molar-refractivity contribution is -0.383. The number of amidine groups is 1. The van der Waals surface area contributed by atoms with Gasteiger partial charge in [0.15, 0.2) is 5.69 Å². The van der Waals surface area contributed by atoms with Crippen molar-refractivity contribution >= 4 is 58.3 Å². The van der Waals surface area contributed by atoms with Crippen LogP contribution < -0.4 is 10.7 Å². The molecule has 0 aliphatic carbocycles. The Kier molecular flexibility index (Phi) is 8.42. The van der Waals surface area contributed by atoms with Crippen molar-refractivity contribution in [2.45, 2.75) is 13.8 Å². The molecule has 0 heterocycles. The predicted molar refractivity (Wildman–Crippen MR) is 95.6 cm³/mol. The number of hydrazone groups is 1. The maximum atomic E-state index is 11.9. The first kappa shape index (κ1) is 22.1. The van der Waals surface area contributed by atoms with Crippen molar-refractivity contribution < 1.29 is 28.8 Å². The molecular weight excluding hydrogens is 407 g/mol. The maximum Gasteiger partial charge on any atom is 0.397 e. The number of hydrogen-bond donors (Lipinski definition) is 2. The van der Waals surface area contributed by atoms with E-state index in [9.17, 15) is 24.5 Å². The third-order valence-corrected chi connectivity index (χ3v) is 3.19. The van der Waals surface area contributed by atoms with E-state index in [1.54, 1.807) is 0 Å². The number of nitro benzene ring substituents is 1. The monoisotopic (exact) mass is 420 g/mol. The van der Waals surface area contributed by atoms with Gasteiger partial charge in [-0.25, -0.2) is 9.59 Å². The summed E-state index contributed by atoms with van der Waals surface area (Å²) in [7, 11) is 0. The Morgan fingerprint density at radius 3 is 2.30 bits per heavy atom. The lowest BCUT2D eigenvalue weighted by atomic mass is 10.3. The molecule has 13 heteroatoms. The maximum absolute atomic E-state index is 11.9. The van der Waals surface area contributed by atoms with Crippen LogP contribution in [0.3, 0.4) is 0 Å². The van der Waals surface area contributed by atoms with Crippen molar-refractivity contribution in [2.24, 2.45) is 5.10 Å². The summed E-state index contributed by atoms with van der Waals surface area (Å²) in [6, 6.07) is 2.21. The minimum absolute atomic E-state index is 0.00228. The highest BCUT2D eigenvalue weighted by molar-refractivity contribution is 6.45. The number of halogens is 2. The molecule has 0 aromatic heterocycles. The van der Waals surface area contributed by atoms with Crippen LogP contribution in [-0.4, -0.2) is 41.8 Å². The van der Waals surface area contributed by atoms with Crippen LogP contribution in [0.2, 0.25) is 10.0 Å². The molecule has 0 saturated heterocycles. The van der Waals surface area contributed by atoms with Gasteiger partial charge in [-0.05, 0) is 19.9 Å². The summed E-state index contributed by atoms with van der Waals surface area (Å²) < 4.78 is 9.18. The molecule has 0 aliphatic rings. The van der Waals surface area contributed by atoms with Crippen LogP contribution in [0.25, 0.3) is 0 Å². The average Bonchev–Trinajstić information content (AvgIpc) is 2.59. The molecule has 0 saturated carbocycles. The van der Waals surface area contributed by atoms with Crippen LogP contribution in [-0.2, 0) is 23.9 Å². The summed E-state index contributed by atoms with van der Waals surface area (Å²) in [5, 5.41) is 16.4. The van der Waals surface area contributed by atoms with Gasteiger partial charge in [-0.15, -0.1) is 5.10 Å². The van der Waals surface area contributed by atoms with E-state index in [1.165, 1.54) is 19.9 Å². The molecule has 0 bridgehead atoms. The van der Waals surface area contributed by atoms with Gasteiger partial charge in [0, 0.05) is 11.1 Å². The van der Waals surface area contributed by atoms with Crippen molar-refractivity contribution in [3.8, 4) is 0 Å². The molecule has 0 fully saturated rings. The molecule has 1 aromatic rings. The smallest absolute Gasteiger partial charge is 0.397 e. The van der Waals surface area contributed by atoms with Gasteiger partial charge in [-0.3, -0.25) is 25.7 Å². The Balaban J connectivity index is 3.19. The number of amides is 1. The van der Waals surface area contributed by atoms with Crippen LogP contribution >= 0.6 is 23.2 Å². The fourth-order valence-corrected chi connectivity index (χ4v) is 2.13. The zero-order chi connectivity index (χ0) is 20.6. The predicted octanol–water partition coefficient (Wildman–Crippen LogP) is 1.87. The van der Waals surface area contributed by atoms with Gasteiger partial charge in [0.05, 0.1) is 23.2 Å². The highest BCUT2D eigenvalue weighted by atomic mass is 35.5. The van der Waals surface area contributed by atoms with Crippen molar-refractivity contribution in [1.82, 2.24) is 5.32 Å². The van der Waals surface area contributed by atoms with E-state index in [0.29, 0.717) is 0 Å². The highest BCUT2D eigenvalue weighted by Gasteiger charge is 2.24. The number of benzene rings is 1. The molecule has 0 unspecified atom stereocenters. The van der Waals surface area contributed by atoms with Gasteiger partial charge in [0.2, 0.25) is 5.84 Å². The highest BCUT2D eigenvalue weighted by Crippen LogP contribution is 2.35. The molecule has 0 radical (unpaired) electrons. The van der Waals surface area contributed by atoms with Crippen LogP contribution in [0.1, 0.15) is 13.8 Å². The summed E-state index contributed by atoms with van der Waals surface area (Å²) in [6.07, 6.45) is 0. The number of nitrogens with one attached hydrogen (secondary N) is 2. The van der Waals surface area contributed by atoms with E-state index < -0.39 is 34.3 Å². The topological polar surface area (TPSA) is 149 Å². The largest absolute Gasteiger partial charge is 0.460 e. The van der Waals surface area contributed by atoms with Crippen LogP contribution in [0.15, 0.2) is 17.2 Å². The van der Waals surface area contributed by atoms with Crippen LogP contribution in [0.5, 0.6) is 0 Å². The Morgan fingerprint density at radius 2 is 1.74 bits per heavy atom. The summed E-state index contributed by atoms with van der Waals surface area (Å²) in [6.45, 7) is 2.85. The second kappa shape index (κ2) is 10.3. The van der Waals surface area contributed by atoms with Crippen molar-refractivity contribution in [3.05, 3.63) is 32.3 Å². The normalized spacial score (nSPS) is 10.7. The van der Waals surface area contributed by atoms with Gasteiger partial charge in [-0.2, -0.15) is 0 Å². The first-order valence-electron chi connectivity index (χ1n) is 7.33. The van der Waals surface area contributed by atoms with Gasteiger partial charge in [0.1, 0.15) is 0 Å². The van der Waals surface area contributed by atoms with E-state index in [0.717, 1.165) is 6.07 Å². The van der Waals surface area contributed by atoms with E-state index in [2.05, 4.69) is 15.3 Å². The summed E-state index contributed by atoms with van der Waals surface area (Å²) in [5.74, 6) is -4.39. The fraction of sp³-hybridized carbons (Fsp3) is 0.286. The second-order valence-electron chi connectivity index (χ2n) is 4.51. The molecule has 27 heavy (non-hydrogen) atoms. The SMILES string of the molecule is CCOC(=O)C(=O)N/C(=N/Nc1c(Cl)cc(Cl)cc1[N+](=O)[O-])C(=O)OCC. The average molecular weight is 421 g/mol. The molecule has 0 spiro atoms. The van der Waals surface area contributed by atoms with Crippen LogP contribution in [0.4, 0.5) is 11.4 Å². The quantitative estimate of drug-likeness (QED) is 0.183. The number of hydrogen-bond acceptors (Lipinski definition) is 9. The first-order valence-corrected chi connectivity index (χ1v) is 8.09. The number of ether oxygens (including phenoxy) is 2. The fourth-order valence-electron chi connectivity index (χ4n) is 1.61. The standard InChI is InChI=1S/C14H14Cl2N4O7/c1-3-26-13(22)11(17-12(21)14(23)27-4-2)19-18-10-8(16)5-7(15)6-9(10)20(24)25/h5-6,18H,3-4H2,1-2H3,(H,17,19,21). The Hall–Kier alpha value is -2.92. The van der Waals surface area contributed by atoms with E-state index >= 15 is 0 Å². The Morgan fingerprint density at radius 1 is 1.15 bits per heavy atom. The molecule has 2 N–H and O–H groups in total. The molecule has 1 aromatic carbocycles. The van der Waals surface area contributed by atoms with E-state index in [1.807, 2.05) is 5.32 Å². The minimum atomic E-state index is -1.29. The third-order valence-electron chi connectivity index (χ3n) is 2.67. The number of esters is 2. The van der Waals surface area contributed by atoms with Crippen molar-refractivity contribution in [2.75, 3.05) is 18.6 Å². The van der Waals surface area contributed by atoms with Gasteiger partial charge < -0.3 is 9.47 Å². The van der Waals surface area contributed by atoms with Crippen molar-refractivity contribution in [3.63, 3.8) is 0 Å². The first-order chi connectivity index (χ1) is 12.7. The van der Waals surface area contributed by atoms with Gasteiger partial charge >= 0.3 is 17.8 Å². The number of nitrogens with zero attached hydrogens (tertiary/aromatic N) is 2. The number of nitro groups is 1. The summed E-state index contributed by atoms with van der Waals surface area (Å²) in [4.78, 5) is 45.3. The number of rotatable bonds is 5. The van der Waals surface area contributed by atoms with E-state index in [-0.39, 0.29) is 28.9 Å². The molecule has 0 aliphatic heterocycles. The molecule has 1 amide bonds. The zero-order valence-corrected chi connectivity index (χ0v) is 15.6. The summed E-state index contributed by atoms with van der Waals surface area (Å²) >= 11 is 11.6. The Labute approximate surface area is 162 Å². The van der Waals surface area contributed by atoms with Crippen molar-refractivity contribution in [1.29, 1.82) is 0 Å². The lowest BCUT2D eigenvalue weighted by Gasteiger charge is -2.09. The van der Waals surface area contributed by atoms with Gasteiger partial charge in [-0.1, -0.05) is 23.2 Å². The Bertz CT molecular complexity index is 798. The number of carbonyl (C=O) groups is 3.